The number of methoxy groups -OCH3 is 1. The molecule has 0 unspecified atom stereocenters. The van der Waals surface area contributed by atoms with Crippen molar-refractivity contribution in [3.05, 3.63) is 23.3 Å². The number of hydrogen-bond donors (Lipinski definition) is 1. The van der Waals surface area contributed by atoms with E-state index in [1.165, 1.54) is 19.2 Å². The van der Waals surface area contributed by atoms with Gasteiger partial charge in [-0.05, 0) is 6.07 Å². The molecule has 0 aliphatic heterocycles. The molecule has 0 heterocycles. The average molecular weight is 225 g/mol. The molecule has 15 heavy (non-hydrogen) atoms. The zero-order valence-corrected chi connectivity index (χ0v) is 8.84. The fourth-order valence-corrected chi connectivity index (χ4v) is 1.15. The third kappa shape index (κ3) is 2.64. The molecular weight excluding hydrogens is 216 g/mol. The normalized spacial score (nSPS) is 8.93. The van der Waals surface area contributed by atoms with Crippen LogP contribution in [0.4, 0.5) is 0 Å². The summed E-state index contributed by atoms with van der Waals surface area (Å²) in [7, 11) is 1.41. The summed E-state index contributed by atoms with van der Waals surface area (Å²) < 4.78 is 4.86. The van der Waals surface area contributed by atoms with Crippen LogP contribution in [0.15, 0.2) is 12.1 Å². The van der Waals surface area contributed by atoms with Gasteiger partial charge in [0, 0.05) is 17.2 Å². The molecule has 3 nitrogen and oxygen atoms in total. The Kier molecular flexibility index (Phi) is 4.02. The highest BCUT2D eigenvalue weighted by Gasteiger charge is 2.07. The van der Waals surface area contributed by atoms with Gasteiger partial charge in [0.15, 0.2) is 17.8 Å². The van der Waals surface area contributed by atoms with Crippen molar-refractivity contribution in [2.75, 3.05) is 13.0 Å². The Morgan fingerprint density at radius 2 is 2.33 bits per heavy atom. The highest BCUT2D eigenvalue weighted by molar-refractivity contribution is 6.19. The predicted molar refractivity (Wildman–Crippen MR) is 57.6 cm³/mol. The van der Waals surface area contributed by atoms with Crippen LogP contribution >= 0.6 is 11.6 Å². The number of ether oxygens (including phenoxy) is 1. The highest BCUT2D eigenvalue weighted by atomic mass is 35.5. The summed E-state index contributed by atoms with van der Waals surface area (Å²) >= 11 is 5.40. The fourth-order valence-electron chi connectivity index (χ4n) is 1.08. The topological polar surface area (TPSA) is 46.5 Å². The second kappa shape index (κ2) is 5.28. The fraction of sp³-hybridized carbons (Fsp3) is 0.182. The van der Waals surface area contributed by atoms with Crippen LogP contribution in [0.25, 0.3) is 0 Å². The number of aromatic hydroxyl groups is 1. The maximum absolute atomic E-state index is 10.7. The zero-order chi connectivity index (χ0) is 11.3. The minimum atomic E-state index is -0.0537. The van der Waals surface area contributed by atoms with E-state index in [9.17, 15) is 9.90 Å². The van der Waals surface area contributed by atoms with E-state index in [0.29, 0.717) is 17.4 Å². The van der Waals surface area contributed by atoms with Gasteiger partial charge in [0.2, 0.25) is 0 Å². The summed E-state index contributed by atoms with van der Waals surface area (Å²) in [6.45, 7) is 0. The average Bonchev–Trinajstić information content (AvgIpc) is 2.26. The van der Waals surface area contributed by atoms with E-state index in [-0.39, 0.29) is 17.4 Å². The zero-order valence-electron chi connectivity index (χ0n) is 8.08. The second-order valence-corrected chi connectivity index (χ2v) is 2.93. The smallest absolute Gasteiger partial charge is 0.161 e. The van der Waals surface area contributed by atoms with Crippen molar-refractivity contribution < 1.29 is 14.6 Å². The number of rotatable bonds is 2. The Balaban J connectivity index is 3.27. The van der Waals surface area contributed by atoms with E-state index in [0.717, 1.165) is 0 Å². The first-order valence-corrected chi connectivity index (χ1v) is 4.67. The minimum Gasteiger partial charge on any atom is -0.504 e. The van der Waals surface area contributed by atoms with Crippen LogP contribution in [0.3, 0.4) is 0 Å². The van der Waals surface area contributed by atoms with Crippen molar-refractivity contribution in [3.63, 3.8) is 0 Å². The van der Waals surface area contributed by atoms with E-state index in [1.807, 2.05) is 0 Å². The standard InChI is InChI=1S/C11H9ClO3/c1-15-11-6-9(7-13)8(3-2-4-12)5-10(11)14/h5-7,14H,4H2,1H3. The Labute approximate surface area is 92.6 Å². The van der Waals surface area contributed by atoms with Crippen LogP contribution in [0.1, 0.15) is 15.9 Å². The van der Waals surface area contributed by atoms with Gasteiger partial charge in [-0.2, -0.15) is 0 Å². The lowest BCUT2D eigenvalue weighted by Gasteiger charge is -2.05. The number of carbonyl (C=O) groups excluding carboxylic acids is 1. The molecule has 0 saturated carbocycles. The molecular formula is C11H9ClO3. The van der Waals surface area contributed by atoms with Crippen molar-refractivity contribution in [3.8, 4) is 23.3 Å². The minimum absolute atomic E-state index is 0.0537. The SMILES string of the molecule is COc1cc(C=O)c(C#CCCl)cc1O. The molecule has 78 valence electrons. The number of aldehydes is 1. The van der Waals surface area contributed by atoms with Gasteiger partial charge in [0.25, 0.3) is 0 Å². The molecule has 0 spiro atoms. The molecule has 0 aliphatic rings. The number of phenolic OH excluding ortho intramolecular Hbond substituents is 1. The number of halogens is 1. The molecule has 1 rings (SSSR count). The Morgan fingerprint density at radius 1 is 1.60 bits per heavy atom. The number of benzene rings is 1. The predicted octanol–water partition coefficient (Wildman–Crippen LogP) is 1.80. The van der Waals surface area contributed by atoms with E-state index in [2.05, 4.69) is 11.8 Å². The van der Waals surface area contributed by atoms with E-state index < -0.39 is 0 Å². The van der Waals surface area contributed by atoms with Gasteiger partial charge in [0.05, 0.1) is 13.0 Å². The maximum atomic E-state index is 10.7. The van der Waals surface area contributed by atoms with E-state index in [1.54, 1.807) is 0 Å². The summed E-state index contributed by atoms with van der Waals surface area (Å²) in [6.07, 6.45) is 0.653. The summed E-state index contributed by atoms with van der Waals surface area (Å²) in [5.74, 6) is 5.65. The molecule has 4 heteroatoms. The van der Waals surface area contributed by atoms with Crippen LogP contribution in [0.5, 0.6) is 11.5 Å². The first-order chi connectivity index (χ1) is 7.22. The molecule has 0 atom stereocenters. The monoisotopic (exact) mass is 224 g/mol. The van der Waals surface area contributed by atoms with Crippen LogP contribution in [0, 0.1) is 11.8 Å². The third-order valence-corrected chi connectivity index (χ3v) is 1.90. The number of phenols is 1. The number of carbonyl (C=O) groups is 1. The lowest BCUT2D eigenvalue weighted by Crippen LogP contribution is -1.91. The van der Waals surface area contributed by atoms with Gasteiger partial charge in [-0.1, -0.05) is 11.8 Å². The van der Waals surface area contributed by atoms with Gasteiger partial charge in [-0.3, -0.25) is 4.79 Å². The molecule has 0 radical (unpaired) electrons. The number of hydrogen-bond acceptors (Lipinski definition) is 3. The van der Waals surface area contributed by atoms with Crippen molar-refractivity contribution in [1.29, 1.82) is 0 Å². The molecule has 0 saturated heterocycles. The number of alkyl halides is 1. The van der Waals surface area contributed by atoms with Crippen LogP contribution in [-0.2, 0) is 0 Å². The molecule has 1 N–H and O–H groups in total. The van der Waals surface area contributed by atoms with Crippen molar-refractivity contribution in [1.82, 2.24) is 0 Å². The summed E-state index contributed by atoms with van der Waals surface area (Å²) in [5, 5.41) is 9.47. The van der Waals surface area contributed by atoms with E-state index in [4.69, 9.17) is 16.3 Å². The Bertz CT molecular complexity index is 429. The molecule has 0 aliphatic carbocycles. The largest absolute Gasteiger partial charge is 0.504 e. The Hall–Kier alpha value is -1.66. The maximum Gasteiger partial charge on any atom is 0.161 e. The van der Waals surface area contributed by atoms with Gasteiger partial charge in [0.1, 0.15) is 0 Å². The lowest BCUT2D eigenvalue weighted by molar-refractivity contribution is 0.112. The molecule has 0 amide bonds. The lowest BCUT2D eigenvalue weighted by atomic mass is 10.1. The molecule has 1 aromatic carbocycles. The van der Waals surface area contributed by atoms with Gasteiger partial charge in [-0.15, -0.1) is 11.6 Å². The summed E-state index contributed by atoms with van der Waals surface area (Å²) in [6, 6.07) is 2.81. The van der Waals surface area contributed by atoms with Crippen LogP contribution < -0.4 is 4.74 Å². The molecule has 0 fully saturated rings. The highest BCUT2D eigenvalue weighted by Crippen LogP contribution is 2.28. The van der Waals surface area contributed by atoms with Crippen molar-refractivity contribution in [2.45, 2.75) is 0 Å². The van der Waals surface area contributed by atoms with Gasteiger partial charge >= 0.3 is 0 Å². The quantitative estimate of drug-likeness (QED) is 0.473. The third-order valence-electron chi connectivity index (χ3n) is 1.77. The second-order valence-electron chi connectivity index (χ2n) is 2.66. The molecule has 0 aromatic heterocycles. The molecule has 1 aromatic rings. The Morgan fingerprint density at radius 3 is 2.87 bits per heavy atom. The van der Waals surface area contributed by atoms with Gasteiger partial charge in [-0.25, -0.2) is 0 Å². The van der Waals surface area contributed by atoms with Crippen LogP contribution in [-0.4, -0.2) is 24.4 Å². The summed E-state index contributed by atoms with van der Waals surface area (Å²) in [5.41, 5.74) is 0.797. The van der Waals surface area contributed by atoms with Crippen molar-refractivity contribution >= 4 is 17.9 Å². The van der Waals surface area contributed by atoms with E-state index >= 15 is 0 Å². The first kappa shape index (κ1) is 11.4. The van der Waals surface area contributed by atoms with Crippen LogP contribution in [0.2, 0.25) is 0 Å². The summed E-state index contributed by atoms with van der Waals surface area (Å²) in [4.78, 5) is 10.7. The van der Waals surface area contributed by atoms with Crippen molar-refractivity contribution in [2.24, 2.45) is 0 Å². The van der Waals surface area contributed by atoms with Gasteiger partial charge < -0.3 is 9.84 Å². The first-order valence-electron chi connectivity index (χ1n) is 4.14. The molecule has 0 bridgehead atoms.